The molecule has 0 aliphatic heterocycles. The van der Waals surface area contributed by atoms with Crippen molar-refractivity contribution in [2.45, 2.75) is 37.9 Å². The molecule has 0 spiro atoms. The van der Waals surface area contributed by atoms with E-state index in [-0.39, 0.29) is 5.82 Å². The SMILES string of the molecule is CC(Cl)c1nnnn1C(C)CC(F)(F)F. The summed E-state index contributed by atoms with van der Waals surface area (Å²) in [5.74, 6) is 0.244. The Morgan fingerprint density at radius 1 is 1.40 bits per heavy atom. The molecule has 1 heterocycles. The van der Waals surface area contributed by atoms with Gasteiger partial charge in [-0.05, 0) is 24.3 Å². The fourth-order valence-corrected chi connectivity index (χ4v) is 1.34. The van der Waals surface area contributed by atoms with Crippen LogP contribution in [0.25, 0.3) is 0 Å². The van der Waals surface area contributed by atoms with Gasteiger partial charge in [0.25, 0.3) is 0 Å². The Balaban J connectivity index is 2.82. The normalized spacial score (nSPS) is 16.4. The minimum absolute atomic E-state index is 0.244. The van der Waals surface area contributed by atoms with Gasteiger partial charge >= 0.3 is 6.18 Å². The number of aromatic nitrogens is 4. The van der Waals surface area contributed by atoms with Crippen LogP contribution in [-0.2, 0) is 0 Å². The Bertz CT molecular complexity index is 322. The first-order valence-corrected chi connectivity index (χ1v) is 4.73. The van der Waals surface area contributed by atoms with Gasteiger partial charge in [0.2, 0.25) is 0 Å². The Labute approximate surface area is 89.4 Å². The second kappa shape index (κ2) is 4.34. The summed E-state index contributed by atoms with van der Waals surface area (Å²) in [5.41, 5.74) is 0. The first kappa shape index (κ1) is 12.2. The second-order valence-corrected chi connectivity index (χ2v) is 3.92. The molecule has 15 heavy (non-hydrogen) atoms. The van der Waals surface area contributed by atoms with Crippen molar-refractivity contribution < 1.29 is 13.2 Å². The standard InChI is InChI=1S/C7H10ClF3N4/c1-4(3-7(9,10)11)15-6(5(2)8)12-13-14-15/h4-5H,3H2,1-2H3. The predicted molar refractivity (Wildman–Crippen MR) is 47.5 cm³/mol. The van der Waals surface area contributed by atoms with Crippen LogP contribution >= 0.6 is 11.6 Å². The van der Waals surface area contributed by atoms with E-state index in [9.17, 15) is 13.2 Å². The third kappa shape index (κ3) is 3.33. The molecule has 8 heteroatoms. The summed E-state index contributed by atoms with van der Waals surface area (Å²) in [7, 11) is 0. The lowest BCUT2D eigenvalue weighted by atomic mass is 10.2. The predicted octanol–water partition coefficient (Wildman–Crippen LogP) is 2.49. The Morgan fingerprint density at radius 3 is 2.47 bits per heavy atom. The Morgan fingerprint density at radius 2 is 2.00 bits per heavy atom. The van der Waals surface area contributed by atoms with Gasteiger partial charge in [0.1, 0.15) is 0 Å². The highest BCUT2D eigenvalue weighted by Gasteiger charge is 2.32. The third-order valence-electron chi connectivity index (χ3n) is 1.82. The van der Waals surface area contributed by atoms with Gasteiger partial charge in [0, 0.05) is 0 Å². The van der Waals surface area contributed by atoms with Crippen LogP contribution < -0.4 is 0 Å². The summed E-state index contributed by atoms with van der Waals surface area (Å²) in [4.78, 5) is 0. The molecule has 0 radical (unpaired) electrons. The quantitative estimate of drug-likeness (QED) is 0.765. The topological polar surface area (TPSA) is 43.6 Å². The van der Waals surface area contributed by atoms with E-state index in [0.717, 1.165) is 4.68 Å². The molecule has 1 aromatic rings. The van der Waals surface area contributed by atoms with E-state index < -0.39 is 24.0 Å². The summed E-state index contributed by atoms with van der Waals surface area (Å²) in [6.07, 6.45) is -5.22. The van der Waals surface area contributed by atoms with Gasteiger partial charge < -0.3 is 0 Å². The van der Waals surface area contributed by atoms with Gasteiger partial charge in [0.05, 0.1) is 17.8 Å². The van der Waals surface area contributed by atoms with E-state index in [4.69, 9.17) is 11.6 Å². The largest absolute Gasteiger partial charge is 0.391 e. The fourth-order valence-electron chi connectivity index (χ4n) is 1.20. The van der Waals surface area contributed by atoms with Crippen molar-refractivity contribution in [2.75, 3.05) is 0 Å². The van der Waals surface area contributed by atoms with Crippen molar-refractivity contribution in [3.05, 3.63) is 5.82 Å². The van der Waals surface area contributed by atoms with Crippen LogP contribution in [0.15, 0.2) is 0 Å². The van der Waals surface area contributed by atoms with Gasteiger partial charge in [-0.3, -0.25) is 0 Å². The molecule has 0 aliphatic rings. The molecule has 0 amide bonds. The van der Waals surface area contributed by atoms with Crippen LogP contribution in [0.1, 0.15) is 37.5 Å². The molecule has 1 aromatic heterocycles. The zero-order chi connectivity index (χ0) is 11.6. The van der Waals surface area contributed by atoms with E-state index in [2.05, 4.69) is 15.5 Å². The molecule has 1 rings (SSSR count). The van der Waals surface area contributed by atoms with E-state index in [1.165, 1.54) is 6.92 Å². The first-order chi connectivity index (χ1) is 6.81. The van der Waals surface area contributed by atoms with Gasteiger partial charge in [-0.2, -0.15) is 13.2 Å². The second-order valence-electron chi connectivity index (χ2n) is 3.27. The van der Waals surface area contributed by atoms with E-state index in [1.807, 2.05) is 0 Å². The van der Waals surface area contributed by atoms with Crippen LogP contribution in [-0.4, -0.2) is 26.4 Å². The van der Waals surface area contributed by atoms with Crippen LogP contribution in [0.3, 0.4) is 0 Å². The number of alkyl halides is 4. The molecule has 2 atom stereocenters. The van der Waals surface area contributed by atoms with Gasteiger partial charge in [-0.15, -0.1) is 16.7 Å². The molecule has 4 nitrogen and oxygen atoms in total. The first-order valence-electron chi connectivity index (χ1n) is 4.30. The average Bonchev–Trinajstić information content (AvgIpc) is 2.47. The smallest absolute Gasteiger partial charge is 0.225 e. The lowest BCUT2D eigenvalue weighted by Crippen LogP contribution is -2.19. The maximum Gasteiger partial charge on any atom is 0.391 e. The number of nitrogens with zero attached hydrogens (tertiary/aromatic N) is 4. The fraction of sp³-hybridized carbons (Fsp3) is 0.857. The van der Waals surface area contributed by atoms with Gasteiger partial charge in [-0.25, -0.2) is 4.68 Å². The van der Waals surface area contributed by atoms with Crippen molar-refractivity contribution in [1.29, 1.82) is 0 Å². The average molecular weight is 243 g/mol. The van der Waals surface area contributed by atoms with Crippen molar-refractivity contribution in [1.82, 2.24) is 20.2 Å². The summed E-state index contributed by atoms with van der Waals surface area (Å²) >= 11 is 5.72. The van der Waals surface area contributed by atoms with Crippen molar-refractivity contribution in [3.8, 4) is 0 Å². The van der Waals surface area contributed by atoms with Gasteiger partial charge in [0.15, 0.2) is 5.82 Å². The highest BCUT2D eigenvalue weighted by molar-refractivity contribution is 6.20. The van der Waals surface area contributed by atoms with Crippen LogP contribution in [0.5, 0.6) is 0 Å². The number of hydrogen-bond donors (Lipinski definition) is 0. The molecular weight excluding hydrogens is 233 g/mol. The zero-order valence-electron chi connectivity index (χ0n) is 8.16. The molecule has 0 bridgehead atoms. The maximum absolute atomic E-state index is 12.1. The Kier molecular flexibility index (Phi) is 3.54. The van der Waals surface area contributed by atoms with E-state index in [0.29, 0.717) is 0 Å². The number of rotatable bonds is 3. The number of halogens is 4. The van der Waals surface area contributed by atoms with Crippen molar-refractivity contribution in [2.24, 2.45) is 0 Å². The zero-order valence-corrected chi connectivity index (χ0v) is 8.92. The molecule has 0 aromatic carbocycles. The van der Waals surface area contributed by atoms with Crippen molar-refractivity contribution >= 4 is 11.6 Å². The number of hydrogen-bond acceptors (Lipinski definition) is 3. The lowest BCUT2D eigenvalue weighted by molar-refractivity contribution is -0.142. The third-order valence-corrected chi connectivity index (χ3v) is 2.01. The molecule has 0 saturated carbocycles. The van der Waals surface area contributed by atoms with E-state index in [1.54, 1.807) is 6.92 Å². The molecule has 86 valence electrons. The molecule has 0 N–H and O–H groups in total. The lowest BCUT2D eigenvalue weighted by Gasteiger charge is -2.15. The van der Waals surface area contributed by atoms with Gasteiger partial charge in [-0.1, -0.05) is 0 Å². The highest BCUT2D eigenvalue weighted by atomic mass is 35.5. The molecule has 2 unspecified atom stereocenters. The monoisotopic (exact) mass is 242 g/mol. The number of tetrazole rings is 1. The summed E-state index contributed by atoms with van der Waals surface area (Å²) in [6, 6.07) is -0.851. The summed E-state index contributed by atoms with van der Waals surface area (Å²) < 4.78 is 37.4. The maximum atomic E-state index is 12.1. The minimum atomic E-state index is -4.24. The van der Waals surface area contributed by atoms with Crippen LogP contribution in [0, 0.1) is 0 Å². The highest BCUT2D eigenvalue weighted by Crippen LogP contribution is 2.28. The molecular formula is C7H10ClF3N4. The molecule has 0 saturated heterocycles. The van der Waals surface area contributed by atoms with Crippen LogP contribution in [0.4, 0.5) is 13.2 Å². The molecule has 0 aliphatic carbocycles. The van der Waals surface area contributed by atoms with Crippen LogP contribution in [0.2, 0.25) is 0 Å². The minimum Gasteiger partial charge on any atom is -0.225 e. The Hall–Kier alpha value is -0.850. The summed E-state index contributed by atoms with van der Waals surface area (Å²) in [5, 5.41) is 9.85. The van der Waals surface area contributed by atoms with E-state index >= 15 is 0 Å². The molecule has 0 fully saturated rings. The van der Waals surface area contributed by atoms with Crippen molar-refractivity contribution in [3.63, 3.8) is 0 Å². The summed E-state index contributed by atoms with van der Waals surface area (Å²) in [6.45, 7) is 3.00.